The van der Waals surface area contributed by atoms with Crippen LogP contribution >= 0.6 is 12.2 Å². The molecule has 136 valence electrons. The van der Waals surface area contributed by atoms with Crippen molar-refractivity contribution in [2.75, 3.05) is 20.2 Å². The molecule has 0 aliphatic heterocycles. The lowest BCUT2D eigenvalue weighted by molar-refractivity contribution is -0.122. The lowest BCUT2D eigenvalue weighted by Gasteiger charge is -2.16. The van der Waals surface area contributed by atoms with Gasteiger partial charge in [0, 0.05) is 11.6 Å². The van der Waals surface area contributed by atoms with E-state index in [0.29, 0.717) is 19.2 Å². The molecule has 7 nitrogen and oxygen atoms in total. The summed E-state index contributed by atoms with van der Waals surface area (Å²) in [5, 5.41) is 7.24. The molecule has 8 heteroatoms. The Labute approximate surface area is 152 Å². The van der Waals surface area contributed by atoms with Crippen molar-refractivity contribution in [3.8, 4) is 17.2 Å². The lowest BCUT2D eigenvalue weighted by atomic mass is 10.2. The van der Waals surface area contributed by atoms with Crippen LogP contribution in [-0.2, 0) is 11.5 Å². The molecular weight excluding hydrogens is 340 g/mol. The van der Waals surface area contributed by atoms with Crippen molar-refractivity contribution in [3.63, 3.8) is 0 Å². The number of nitrogens with one attached hydrogen (secondary N) is 1. The molecule has 0 radical (unpaired) electrons. The molecule has 1 heterocycles. The van der Waals surface area contributed by atoms with E-state index in [2.05, 4.69) is 10.4 Å². The highest BCUT2D eigenvalue weighted by Gasteiger charge is 2.12. The fraction of sp³-hybridized carbons (Fsp3) is 0.471. The van der Waals surface area contributed by atoms with Crippen LogP contribution in [0, 0.1) is 4.84 Å². The molecule has 25 heavy (non-hydrogen) atoms. The van der Waals surface area contributed by atoms with Gasteiger partial charge in [-0.15, -0.1) is 5.10 Å². The zero-order chi connectivity index (χ0) is 18.4. The van der Waals surface area contributed by atoms with Gasteiger partial charge in [0.25, 0.3) is 4.84 Å². The highest BCUT2D eigenvalue weighted by molar-refractivity contribution is 7.71. The molecule has 2 aromatic rings. The van der Waals surface area contributed by atoms with Crippen molar-refractivity contribution in [2.24, 2.45) is 0 Å². The number of nitrogens with zero attached hydrogens (tertiary/aromatic N) is 3. The number of hydrogen-bond acceptors (Lipinski definition) is 6. The molecule has 0 bridgehead atoms. The Morgan fingerprint density at radius 2 is 2.08 bits per heavy atom. The summed E-state index contributed by atoms with van der Waals surface area (Å²) in [5.74, 6) is 1.19. The summed E-state index contributed by atoms with van der Waals surface area (Å²) in [4.78, 5) is 13.9. The second kappa shape index (κ2) is 8.77. The molecule has 1 aromatic carbocycles. The molecule has 2 rings (SSSR count). The van der Waals surface area contributed by atoms with Gasteiger partial charge in [0.2, 0.25) is 11.8 Å². The molecule has 0 fully saturated rings. The molecule has 0 aliphatic rings. The van der Waals surface area contributed by atoms with Crippen LogP contribution in [0.15, 0.2) is 28.7 Å². The Hall–Kier alpha value is -2.19. The van der Waals surface area contributed by atoms with Crippen molar-refractivity contribution in [1.29, 1.82) is 0 Å². The lowest BCUT2D eigenvalue weighted by Crippen LogP contribution is -2.39. The standard InChI is InChI=1S/C17H24N4O3S/c1-5-23-14-8-6-13(7-9-14)16-19-21(17(25)24-16)11-20(4)10-15(22)18-12(2)3/h6-9,12H,5,10-11H2,1-4H3,(H,18,22). The quantitative estimate of drug-likeness (QED) is 0.726. The van der Waals surface area contributed by atoms with Gasteiger partial charge in [-0.2, -0.15) is 0 Å². The van der Waals surface area contributed by atoms with Crippen LogP contribution in [0.25, 0.3) is 11.5 Å². The first-order chi connectivity index (χ1) is 11.9. The van der Waals surface area contributed by atoms with Crippen molar-refractivity contribution >= 4 is 18.1 Å². The maximum Gasteiger partial charge on any atom is 0.288 e. The Balaban J connectivity index is 2.04. The van der Waals surface area contributed by atoms with Crippen LogP contribution in [0.1, 0.15) is 20.8 Å². The van der Waals surface area contributed by atoms with E-state index in [-0.39, 0.29) is 23.3 Å². The number of ether oxygens (including phenoxy) is 1. The van der Waals surface area contributed by atoms with E-state index in [9.17, 15) is 4.79 Å². The zero-order valence-electron chi connectivity index (χ0n) is 15.0. The minimum Gasteiger partial charge on any atom is -0.494 e. The molecule has 0 atom stereocenters. The van der Waals surface area contributed by atoms with Gasteiger partial charge in [-0.05, 0) is 64.3 Å². The molecule has 1 aromatic heterocycles. The molecule has 1 N–H and O–H groups in total. The van der Waals surface area contributed by atoms with E-state index in [1.165, 1.54) is 0 Å². The van der Waals surface area contributed by atoms with E-state index >= 15 is 0 Å². The first kappa shape index (κ1) is 19.1. The van der Waals surface area contributed by atoms with Gasteiger partial charge >= 0.3 is 0 Å². The highest BCUT2D eigenvalue weighted by Crippen LogP contribution is 2.21. The van der Waals surface area contributed by atoms with Crippen LogP contribution in [0.3, 0.4) is 0 Å². The van der Waals surface area contributed by atoms with Gasteiger partial charge in [-0.25, -0.2) is 4.68 Å². The number of rotatable bonds is 8. The normalized spacial score (nSPS) is 11.1. The number of aromatic nitrogens is 2. The zero-order valence-corrected chi connectivity index (χ0v) is 15.8. The summed E-state index contributed by atoms with van der Waals surface area (Å²) in [7, 11) is 1.83. The number of hydrogen-bond donors (Lipinski definition) is 1. The molecule has 0 saturated heterocycles. The Morgan fingerprint density at radius 1 is 1.40 bits per heavy atom. The third-order valence-electron chi connectivity index (χ3n) is 3.26. The van der Waals surface area contributed by atoms with Gasteiger partial charge < -0.3 is 14.5 Å². The van der Waals surface area contributed by atoms with Gasteiger partial charge in [-0.1, -0.05) is 0 Å². The predicted octanol–water partition coefficient (Wildman–Crippen LogP) is 2.69. The molecule has 0 saturated carbocycles. The second-order valence-electron chi connectivity index (χ2n) is 6.01. The summed E-state index contributed by atoms with van der Waals surface area (Å²) in [5.41, 5.74) is 0.813. The number of likely N-dealkylation sites (N-methyl/N-ethyl adjacent to an activating group) is 1. The minimum atomic E-state index is -0.0424. The average molecular weight is 364 g/mol. The highest BCUT2D eigenvalue weighted by atomic mass is 32.1. The van der Waals surface area contributed by atoms with E-state index in [0.717, 1.165) is 11.3 Å². The van der Waals surface area contributed by atoms with Crippen molar-refractivity contribution in [1.82, 2.24) is 20.0 Å². The van der Waals surface area contributed by atoms with E-state index in [4.69, 9.17) is 21.4 Å². The average Bonchev–Trinajstić information content (AvgIpc) is 2.88. The van der Waals surface area contributed by atoms with Crippen molar-refractivity contribution < 1.29 is 13.9 Å². The molecule has 0 aliphatic carbocycles. The van der Waals surface area contributed by atoms with Crippen molar-refractivity contribution in [3.05, 3.63) is 29.1 Å². The Kier molecular flexibility index (Phi) is 6.72. The summed E-state index contributed by atoms with van der Waals surface area (Å²) in [6.45, 7) is 7.03. The van der Waals surface area contributed by atoms with Crippen molar-refractivity contribution in [2.45, 2.75) is 33.5 Å². The number of benzene rings is 1. The summed E-state index contributed by atoms with van der Waals surface area (Å²) in [6.07, 6.45) is 0. The maximum atomic E-state index is 11.8. The van der Waals surface area contributed by atoms with Gasteiger partial charge in [0.1, 0.15) is 5.75 Å². The van der Waals surface area contributed by atoms with Crippen LogP contribution in [0.2, 0.25) is 0 Å². The summed E-state index contributed by atoms with van der Waals surface area (Å²) >= 11 is 5.22. The smallest absolute Gasteiger partial charge is 0.288 e. The van der Waals surface area contributed by atoms with Crippen LogP contribution in [-0.4, -0.2) is 46.8 Å². The van der Waals surface area contributed by atoms with Gasteiger partial charge in [-0.3, -0.25) is 9.69 Å². The second-order valence-corrected chi connectivity index (χ2v) is 6.36. The topological polar surface area (TPSA) is 72.5 Å². The van der Waals surface area contributed by atoms with E-state index in [1.807, 2.05) is 57.0 Å². The first-order valence-corrected chi connectivity index (χ1v) is 8.59. The van der Waals surface area contributed by atoms with Gasteiger partial charge in [0.15, 0.2) is 0 Å². The van der Waals surface area contributed by atoms with E-state index < -0.39 is 0 Å². The maximum absolute atomic E-state index is 11.8. The number of carbonyl (C=O) groups excluding carboxylic acids is 1. The Morgan fingerprint density at radius 3 is 2.68 bits per heavy atom. The largest absolute Gasteiger partial charge is 0.494 e. The van der Waals surface area contributed by atoms with Crippen LogP contribution in [0.4, 0.5) is 0 Å². The number of carbonyl (C=O) groups is 1. The van der Waals surface area contributed by atoms with E-state index in [1.54, 1.807) is 4.68 Å². The fourth-order valence-electron chi connectivity index (χ4n) is 2.26. The summed E-state index contributed by atoms with van der Waals surface area (Å²) in [6, 6.07) is 7.57. The minimum absolute atomic E-state index is 0.0424. The third-order valence-corrected chi connectivity index (χ3v) is 3.55. The third kappa shape index (κ3) is 5.68. The monoisotopic (exact) mass is 364 g/mol. The van der Waals surface area contributed by atoms with Gasteiger partial charge in [0.05, 0.1) is 19.8 Å². The van der Waals surface area contributed by atoms with Crippen LogP contribution < -0.4 is 10.1 Å². The molecular formula is C17H24N4O3S. The number of amides is 1. The fourth-order valence-corrected chi connectivity index (χ4v) is 2.44. The first-order valence-electron chi connectivity index (χ1n) is 8.18. The molecule has 0 unspecified atom stereocenters. The SMILES string of the molecule is CCOc1ccc(-c2nn(CN(C)CC(=O)NC(C)C)c(=S)o2)cc1. The molecule has 1 amide bonds. The predicted molar refractivity (Wildman–Crippen MR) is 97.8 cm³/mol. The van der Waals surface area contributed by atoms with Crippen LogP contribution in [0.5, 0.6) is 5.75 Å². The Bertz CT molecular complexity index is 752. The molecule has 0 spiro atoms. The summed E-state index contributed by atoms with van der Waals surface area (Å²) < 4.78 is 12.6.